The Morgan fingerprint density at radius 3 is 2.81 bits per heavy atom. The maximum Gasteiger partial charge on any atom is 0.416 e. The first kappa shape index (κ1) is 23.8. The predicted octanol–water partition coefficient (Wildman–Crippen LogP) is 4.67. The molecule has 0 spiro atoms. The number of benzene rings is 2. The van der Waals surface area contributed by atoms with Crippen LogP contribution in [-0.4, -0.2) is 50.3 Å². The van der Waals surface area contributed by atoms with Crippen LogP contribution in [-0.2, 0) is 19.1 Å². The van der Waals surface area contributed by atoms with Crippen LogP contribution in [0.5, 0.6) is 11.6 Å². The number of carbonyl (C=O) groups excluding carboxylic acids is 1. The minimum Gasteiger partial charge on any atom is -0.439 e. The van der Waals surface area contributed by atoms with Gasteiger partial charge in [-0.25, -0.2) is 14.8 Å². The standard InChI is InChI=1S/C25H22F3N5O3/c26-25(27,28)17-2-1-3-18(13-17)31-24(35)33-9-6-16-12-19(4-5-22(16)33)36-23-20-7-8-32(10-11-34)14-21(20)29-15-30-23/h1-6,9,12-13,15,34H,7-8,10-11,14H2,(H,31,35). The number of rotatable bonds is 5. The molecular weight excluding hydrogens is 475 g/mol. The molecule has 0 saturated carbocycles. The molecule has 2 aromatic carbocycles. The van der Waals surface area contributed by atoms with E-state index in [0.717, 1.165) is 29.9 Å². The number of amides is 1. The molecule has 4 aromatic rings. The van der Waals surface area contributed by atoms with Crippen molar-refractivity contribution >= 4 is 22.6 Å². The number of aromatic nitrogens is 3. The van der Waals surface area contributed by atoms with E-state index in [-0.39, 0.29) is 12.3 Å². The van der Waals surface area contributed by atoms with E-state index in [0.29, 0.717) is 42.0 Å². The van der Waals surface area contributed by atoms with Crippen LogP contribution in [0.25, 0.3) is 10.9 Å². The number of fused-ring (bicyclic) bond motifs is 2. The first-order valence-corrected chi connectivity index (χ1v) is 11.3. The number of aliphatic hydroxyl groups is 1. The van der Waals surface area contributed by atoms with Crippen LogP contribution < -0.4 is 10.1 Å². The molecule has 0 saturated heterocycles. The monoisotopic (exact) mass is 497 g/mol. The van der Waals surface area contributed by atoms with Gasteiger partial charge in [0, 0.05) is 42.5 Å². The maximum absolute atomic E-state index is 13.0. The van der Waals surface area contributed by atoms with Crippen LogP contribution in [0.3, 0.4) is 0 Å². The molecule has 1 aliphatic heterocycles. The normalized spacial score (nSPS) is 14.0. The van der Waals surface area contributed by atoms with E-state index < -0.39 is 17.8 Å². The number of nitrogens with zero attached hydrogens (tertiary/aromatic N) is 4. The van der Waals surface area contributed by atoms with Crippen molar-refractivity contribution in [3.63, 3.8) is 0 Å². The fourth-order valence-electron chi connectivity index (χ4n) is 4.23. The quantitative estimate of drug-likeness (QED) is 0.416. The Kier molecular flexibility index (Phi) is 6.33. The summed E-state index contributed by atoms with van der Waals surface area (Å²) in [5, 5.41) is 12.4. The molecule has 8 nitrogen and oxygen atoms in total. The summed E-state index contributed by atoms with van der Waals surface area (Å²) >= 11 is 0. The molecule has 2 N–H and O–H groups in total. The molecule has 1 aliphatic rings. The van der Waals surface area contributed by atoms with Crippen LogP contribution >= 0.6 is 0 Å². The summed E-state index contributed by atoms with van der Waals surface area (Å²) in [6, 6.07) is 10.8. The highest BCUT2D eigenvalue weighted by Gasteiger charge is 2.30. The summed E-state index contributed by atoms with van der Waals surface area (Å²) in [6.45, 7) is 2.04. The average Bonchev–Trinajstić information content (AvgIpc) is 3.27. The van der Waals surface area contributed by atoms with Crippen molar-refractivity contribution in [3.05, 3.63) is 77.9 Å². The molecule has 0 fully saturated rings. The molecule has 0 aliphatic carbocycles. The van der Waals surface area contributed by atoms with Crippen LogP contribution in [0, 0.1) is 0 Å². The minimum absolute atomic E-state index is 0.0442. The number of alkyl halides is 3. The smallest absolute Gasteiger partial charge is 0.416 e. The van der Waals surface area contributed by atoms with Crippen molar-refractivity contribution in [3.8, 4) is 11.6 Å². The lowest BCUT2D eigenvalue weighted by atomic mass is 10.1. The Morgan fingerprint density at radius 1 is 1.14 bits per heavy atom. The van der Waals surface area contributed by atoms with E-state index >= 15 is 0 Å². The first-order valence-electron chi connectivity index (χ1n) is 11.3. The van der Waals surface area contributed by atoms with Crippen molar-refractivity contribution in [2.75, 3.05) is 25.0 Å². The van der Waals surface area contributed by atoms with Gasteiger partial charge in [0.05, 0.1) is 23.4 Å². The van der Waals surface area contributed by atoms with Gasteiger partial charge in [-0.15, -0.1) is 0 Å². The molecule has 0 atom stereocenters. The number of β-amino-alcohol motifs (C(OH)–C–C–N with tert-alkyl or cyclic N) is 1. The van der Waals surface area contributed by atoms with Gasteiger partial charge in [0.2, 0.25) is 5.88 Å². The molecule has 0 radical (unpaired) electrons. The Hall–Kier alpha value is -3.96. The molecule has 186 valence electrons. The number of nitrogens with one attached hydrogen (secondary N) is 1. The molecule has 36 heavy (non-hydrogen) atoms. The largest absolute Gasteiger partial charge is 0.439 e. The molecule has 2 aromatic heterocycles. The van der Waals surface area contributed by atoms with Gasteiger partial charge in [-0.2, -0.15) is 13.2 Å². The second-order valence-electron chi connectivity index (χ2n) is 8.37. The number of anilines is 1. The second-order valence-corrected chi connectivity index (χ2v) is 8.37. The van der Waals surface area contributed by atoms with Crippen LogP contribution in [0.1, 0.15) is 16.8 Å². The number of halogens is 3. The Balaban J connectivity index is 1.34. The Morgan fingerprint density at radius 2 is 2.00 bits per heavy atom. The molecule has 1 amide bonds. The summed E-state index contributed by atoms with van der Waals surface area (Å²) in [4.78, 5) is 23.5. The third kappa shape index (κ3) is 4.88. The van der Waals surface area contributed by atoms with E-state index in [1.165, 1.54) is 23.0 Å². The van der Waals surface area contributed by atoms with Gasteiger partial charge in [0.25, 0.3) is 0 Å². The van der Waals surface area contributed by atoms with E-state index in [1.807, 2.05) is 0 Å². The van der Waals surface area contributed by atoms with Gasteiger partial charge < -0.3 is 15.2 Å². The number of hydrogen-bond donors (Lipinski definition) is 2. The van der Waals surface area contributed by atoms with E-state index in [2.05, 4.69) is 20.2 Å². The lowest BCUT2D eigenvalue weighted by Crippen LogP contribution is -2.33. The second kappa shape index (κ2) is 9.59. The van der Waals surface area contributed by atoms with E-state index in [9.17, 15) is 23.1 Å². The lowest BCUT2D eigenvalue weighted by molar-refractivity contribution is -0.137. The highest BCUT2D eigenvalue weighted by molar-refractivity contribution is 5.98. The zero-order valence-corrected chi connectivity index (χ0v) is 19.0. The maximum atomic E-state index is 13.0. The highest BCUT2D eigenvalue weighted by atomic mass is 19.4. The summed E-state index contributed by atoms with van der Waals surface area (Å²) in [5.74, 6) is 0.988. The van der Waals surface area contributed by atoms with Crippen LogP contribution in [0.15, 0.2) is 61.1 Å². The minimum atomic E-state index is -4.50. The van der Waals surface area contributed by atoms with Crippen molar-refractivity contribution < 1.29 is 27.8 Å². The van der Waals surface area contributed by atoms with Gasteiger partial charge in [-0.3, -0.25) is 9.47 Å². The van der Waals surface area contributed by atoms with E-state index in [4.69, 9.17) is 4.74 Å². The lowest BCUT2D eigenvalue weighted by Gasteiger charge is -2.27. The van der Waals surface area contributed by atoms with Gasteiger partial charge >= 0.3 is 12.2 Å². The average molecular weight is 497 g/mol. The molecule has 11 heteroatoms. The molecule has 5 rings (SSSR count). The number of aliphatic hydroxyl groups excluding tert-OH is 1. The van der Waals surface area contributed by atoms with Crippen LogP contribution in [0.2, 0.25) is 0 Å². The summed E-state index contributed by atoms with van der Waals surface area (Å²) in [5.41, 5.74) is 1.55. The zero-order valence-electron chi connectivity index (χ0n) is 19.0. The zero-order chi connectivity index (χ0) is 25.3. The first-order chi connectivity index (χ1) is 17.3. The fraction of sp³-hybridized carbons (Fsp3) is 0.240. The van der Waals surface area contributed by atoms with E-state index in [1.54, 1.807) is 30.5 Å². The Labute approximate surface area is 204 Å². The van der Waals surface area contributed by atoms with Crippen molar-refractivity contribution in [2.24, 2.45) is 0 Å². The third-order valence-corrected chi connectivity index (χ3v) is 6.00. The topological polar surface area (TPSA) is 92.5 Å². The summed E-state index contributed by atoms with van der Waals surface area (Å²) in [7, 11) is 0. The number of hydrogen-bond acceptors (Lipinski definition) is 6. The summed E-state index contributed by atoms with van der Waals surface area (Å²) in [6.07, 6.45) is -0.817. The molecule has 0 bridgehead atoms. The van der Waals surface area contributed by atoms with Gasteiger partial charge in [0.15, 0.2) is 0 Å². The number of carbonyl (C=O) groups is 1. The van der Waals surface area contributed by atoms with Crippen LogP contribution in [0.4, 0.5) is 23.7 Å². The van der Waals surface area contributed by atoms with Gasteiger partial charge in [-0.1, -0.05) is 6.07 Å². The third-order valence-electron chi connectivity index (χ3n) is 6.00. The number of ether oxygens (including phenoxy) is 1. The molecule has 3 heterocycles. The SMILES string of the molecule is O=C(Nc1cccc(C(F)(F)F)c1)n1ccc2cc(Oc3ncnc4c3CCN(CCO)C4)ccc21. The molecule has 0 unspecified atom stereocenters. The van der Waals surface area contributed by atoms with Crippen molar-refractivity contribution in [2.45, 2.75) is 19.1 Å². The Bertz CT molecular complexity index is 1420. The molecular formula is C25H22F3N5O3. The van der Waals surface area contributed by atoms with Crippen molar-refractivity contribution in [1.82, 2.24) is 19.4 Å². The summed E-state index contributed by atoms with van der Waals surface area (Å²) < 4.78 is 46.3. The fourth-order valence-corrected chi connectivity index (χ4v) is 4.23. The highest BCUT2D eigenvalue weighted by Crippen LogP contribution is 2.32. The van der Waals surface area contributed by atoms with Crippen molar-refractivity contribution in [1.29, 1.82) is 0 Å². The predicted molar refractivity (Wildman–Crippen MR) is 126 cm³/mol. The van der Waals surface area contributed by atoms with Gasteiger partial charge in [0.1, 0.15) is 12.1 Å². The van der Waals surface area contributed by atoms with Gasteiger partial charge in [-0.05, 0) is 48.9 Å².